The third-order valence-corrected chi connectivity index (χ3v) is 12.4. The number of benzene rings is 9. The van der Waals surface area contributed by atoms with Crippen molar-refractivity contribution < 1.29 is 4.42 Å². The van der Waals surface area contributed by atoms with Gasteiger partial charge in [-0.15, -0.1) is 0 Å². The van der Waals surface area contributed by atoms with Crippen LogP contribution in [0, 0.1) is 0 Å². The molecular weight excluding hydrogens is 721 g/mol. The summed E-state index contributed by atoms with van der Waals surface area (Å²) in [6.07, 6.45) is 0. The van der Waals surface area contributed by atoms with E-state index in [2.05, 4.69) is 168 Å². The number of rotatable bonds is 4. The minimum atomic E-state index is 0.00710. The number of furan rings is 1. The van der Waals surface area contributed by atoms with Gasteiger partial charge in [-0.25, -0.2) is 0 Å². The molecule has 9 aromatic carbocycles. The number of hydrogen-bond acceptors (Lipinski definition) is 2. The van der Waals surface area contributed by atoms with Crippen molar-refractivity contribution in [2.45, 2.75) is 0 Å². The van der Waals surface area contributed by atoms with Gasteiger partial charge in [0.1, 0.15) is 11.2 Å². The molecule has 0 aliphatic heterocycles. The van der Waals surface area contributed by atoms with Crippen LogP contribution in [0.1, 0.15) is 0 Å². The Morgan fingerprint density at radius 1 is 0.356 bits per heavy atom. The molecule has 274 valence electrons. The fraction of sp³-hybridized carbons (Fsp3) is 0. The molecule has 0 amide bonds. The highest BCUT2D eigenvalue weighted by atomic mass is 16.3. The zero-order valence-corrected chi connectivity index (χ0v) is 31.7. The zero-order chi connectivity index (χ0) is 38.8. The number of hydrogen-bond donors (Lipinski definition) is 0. The van der Waals surface area contributed by atoms with E-state index < -0.39 is 0 Å². The average molecular weight is 753 g/mol. The summed E-state index contributed by atoms with van der Waals surface area (Å²) in [5, 5.41) is 9.54. The highest BCUT2D eigenvalue weighted by Gasteiger charge is 2.20. The van der Waals surface area contributed by atoms with Crippen LogP contribution in [0.2, 0.25) is 0 Å². The molecule has 4 aromatic heterocycles. The van der Waals surface area contributed by atoms with Crippen LogP contribution in [0.3, 0.4) is 0 Å². The van der Waals surface area contributed by atoms with E-state index in [9.17, 15) is 4.79 Å². The number of para-hydroxylation sites is 4. The SMILES string of the molecule is O=c1c2ccc(-c3cccc(-n4c5ccccc5c5cc(-c6cccc7c6oc6ccccc67)ccc54)c3)cc2c2cc(-c3ccccc3)cc3c4ccccc4n1c23. The maximum Gasteiger partial charge on any atom is 0.263 e. The van der Waals surface area contributed by atoms with Crippen LogP contribution in [-0.4, -0.2) is 8.97 Å². The summed E-state index contributed by atoms with van der Waals surface area (Å²) in [6, 6.07) is 68.5. The first-order valence-corrected chi connectivity index (χ1v) is 20.0. The fourth-order valence-electron chi connectivity index (χ4n) is 9.78. The van der Waals surface area contributed by atoms with Crippen LogP contribution < -0.4 is 5.56 Å². The van der Waals surface area contributed by atoms with Crippen molar-refractivity contribution >= 4 is 81.7 Å². The Kier molecular flexibility index (Phi) is 6.56. The van der Waals surface area contributed by atoms with Gasteiger partial charge in [-0.05, 0) is 99.9 Å². The van der Waals surface area contributed by atoms with E-state index in [0.717, 1.165) is 105 Å². The van der Waals surface area contributed by atoms with E-state index in [1.807, 2.05) is 34.7 Å². The van der Waals surface area contributed by atoms with Crippen LogP contribution >= 0.6 is 0 Å². The minimum absolute atomic E-state index is 0.00710. The molecule has 0 fully saturated rings. The Labute approximate surface area is 337 Å². The van der Waals surface area contributed by atoms with E-state index in [1.165, 1.54) is 10.8 Å². The lowest BCUT2D eigenvalue weighted by atomic mass is 9.95. The van der Waals surface area contributed by atoms with E-state index >= 15 is 0 Å². The molecule has 0 bridgehead atoms. The Balaban J connectivity index is 0.997. The largest absolute Gasteiger partial charge is 0.455 e. The summed E-state index contributed by atoms with van der Waals surface area (Å²) in [7, 11) is 0. The molecular formula is C55H32N2O2. The topological polar surface area (TPSA) is 39.5 Å². The zero-order valence-electron chi connectivity index (χ0n) is 31.7. The third-order valence-electron chi connectivity index (χ3n) is 12.4. The van der Waals surface area contributed by atoms with Crippen LogP contribution in [-0.2, 0) is 0 Å². The maximum absolute atomic E-state index is 14.4. The molecule has 0 saturated heterocycles. The first kappa shape index (κ1) is 32.2. The molecule has 4 nitrogen and oxygen atoms in total. The quantitative estimate of drug-likeness (QED) is 0.168. The predicted octanol–water partition coefficient (Wildman–Crippen LogP) is 14.2. The van der Waals surface area contributed by atoms with Crippen molar-refractivity contribution in [3.05, 3.63) is 204 Å². The molecule has 0 atom stereocenters. The molecule has 59 heavy (non-hydrogen) atoms. The monoisotopic (exact) mass is 752 g/mol. The number of fused-ring (bicyclic) bond motifs is 11. The van der Waals surface area contributed by atoms with E-state index in [4.69, 9.17) is 4.42 Å². The number of nitrogens with zero attached hydrogens (tertiary/aromatic N) is 2. The van der Waals surface area contributed by atoms with Gasteiger partial charge in [0.25, 0.3) is 5.56 Å². The number of aromatic nitrogens is 2. The van der Waals surface area contributed by atoms with Crippen LogP contribution in [0.4, 0.5) is 0 Å². The van der Waals surface area contributed by atoms with Crippen LogP contribution in [0.15, 0.2) is 203 Å². The minimum Gasteiger partial charge on any atom is -0.455 e. The molecule has 4 heteroatoms. The molecule has 0 aliphatic carbocycles. The van der Waals surface area contributed by atoms with Crippen LogP contribution in [0.5, 0.6) is 0 Å². The lowest BCUT2D eigenvalue weighted by molar-refractivity contribution is 0.670. The first-order valence-electron chi connectivity index (χ1n) is 20.0. The summed E-state index contributed by atoms with van der Waals surface area (Å²) in [4.78, 5) is 14.4. The van der Waals surface area contributed by atoms with Crippen molar-refractivity contribution in [2.75, 3.05) is 0 Å². The average Bonchev–Trinajstić information content (AvgIpc) is 3.96. The Morgan fingerprint density at radius 2 is 0.966 bits per heavy atom. The van der Waals surface area contributed by atoms with E-state index in [1.54, 1.807) is 0 Å². The Hall–Kier alpha value is -7.95. The second kappa shape index (κ2) is 12.0. The van der Waals surface area contributed by atoms with Crippen molar-refractivity contribution in [2.24, 2.45) is 0 Å². The smallest absolute Gasteiger partial charge is 0.263 e. The Bertz CT molecular complexity index is 3920. The van der Waals surface area contributed by atoms with Gasteiger partial charge in [-0.1, -0.05) is 127 Å². The molecule has 0 N–H and O–H groups in total. The number of pyridine rings is 1. The van der Waals surface area contributed by atoms with E-state index in [-0.39, 0.29) is 5.56 Å². The van der Waals surface area contributed by atoms with E-state index in [0.29, 0.717) is 5.39 Å². The van der Waals surface area contributed by atoms with Crippen molar-refractivity contribution in [1.82, 2.24) is 8.97 Å². The maximum atomic E-state index is 14.4. The molecule has 13 rings (SSSR count). The van der Waals surface area contributed by atoms with Crippen molar-refractivity contribution in [1.29, 1.82) is 0 Å². The fourth-order valence-corrected chi connectivity index (χ4v) is 9.78. The lowest BCUT2D eigenvalue weighted by Crippen LogP contribution is -2.13. The van der Waals surface area contributed by atoms with Gasteiger partial charge in [0.15, 0.2) is 0 Å². The standard InChI is InChI=1S/C55H32N2O2/c58-55-44-26-24-35(29-45(44)48-32-37(33-12-2-1-3-13-33)31-47-41-17-5-8-22-50(41)57(55)53(47)48)34-14-10-15-38(28-34)56-49-21-7-4-16-40(49)46-30-36(25-27-51(46)56)39-19-11-20-43-42-18-6-9-23-52(42)59-54(39)43/h1-32H. The molecule has 0 aliphatic rings. The predicted molar refractivity (Wildman–Crippen MR) is 245 cm³/mol. The summed E-state index contributed by atoms with van der Waals surface area (Å²) in [5.41, 5.74) is 13.7. The molecule has 0 unspecified atom stereocenters. The van der Waals surface area contributed by atoms with Gasteiger partial charge in [-0.2, -0.15) is 0 Å². The summed E-state index contributed by atoms with van der Waals surface area (Å²) in [6.45, 7) is 0. The molecule has 13 aromatic rings. The summed E-state index contributed by atoms with van der Waals surface area (Å²) >= 11 is 0. The van der Waals surface area contributed by atoms with Crippen molar-refractivity contribution in [3.8, 4) is 39.1 Å². The van der Waals surface area contributed by atoms with Gasteiger partial charge in [0.05, 0.1) is 22.1 Å². The molecule has 0 radical (unpaired) electrons. The molecule has 0 spiro atoms. The second-order valence-electron chi connectivity index (χ2n) is 15.6. The molecule has 4 heterocycles. The summed E-state index contributed by atoms with van der Waals surface area (Å²) in [5.74, 6) is 0. The summed E-state index contributed by atoms with van der Waals surface area (Å²) < 4.78 is 10.7. The lowest BCUT2D eigenvalue weighted by Gasteiger charge is -2.13. The Morgan fingerprint density at radius 3 is 1.83 bits per heavy atom. The molecule has 0 saturated carbocycles. The normalized spacial score (nSPS) is 12.1. The first-order chi connectivity index (χ1) is 29.2. The second-order valence-corrected chi connectivity index (χ2v) is 15.6. The highest BCUT2D eigenvalue weighted by molar-refractivity contribution is 6.22. The van der Waals surface area contributed by atoms with Gasteiger partial charge in [0.2, 0.25) is 0 Å². The third kappa shape index (κ3) is 4.57. The van der Waals surface area contributed by atoms with Crippen LogP contribution in [0.25, 0.3) is 121 Å². The van der Waals surface area contributed by atoms with Gasteiger partial charge < -0.3 is 8.98 Å². The van der Waals surface area contributed by atoms with Gasteiger partial charge in [0, 0.05) is 54.3 Å². The van der Waals surface area contributed by atoms with Crippen molar-refractivity contribution in [3.63, 3.8) is 0 Å². The van der Waals surface area contributed by atoms with Gasteiger partial charge >= 0.3 is 0 Å². The highest BCUT2D eigenvalue weighted by Crippen LogP contribution is 2.42. The van der Waals surface area contributed by atoms with Gasteiger partial charge in [-0.3, -0.25) is 9.20 Å².